The standard InChI is InChI=1S/C15H20N4O2/c1-15(2,3)11-8-12(19-18-11)17-14(20)13-9(16)6-5-7-10(13)21-4/h5-8H,16H2,1-4H3,(H2,17,18,19,20). The molecule has 0 fully saturated rings. The summed E-state index contributed by atoms with van der Waals surface area (Å²) in [5, 5.41) is 9.74. The van der Waals surface area contributed by atoms with E-state index < -0.39 is 0 Å². The second-order valence-corrected chi connectivity index (χ2v) is 5.80. The molecule has 112 valence electrons. The second kappa shape index (κ2) is 5.47. The van der Waals surface area contributed by atoms with Crippen LogP contribution in [0.3, 0.4) is 0 Å². The normalized spacial score (nSPS) is 11.2. The molecule has 0 bridgehead atoms. The van der Waals surface area contributed by atoms with Crippen molar-refractivity contribution >= 4 is 17.4 Å². The highest BCUT2D eigenvalue weighted by molar-refractivity contribution is 6.09. The first kappa shape index (κ1) is 14.9. The summed E-state index contributed by atoms with van der Waals surface area (Å²) in [4.78, 5) is 12.3. The summed E-state index contributed by atoms with van der Waals surface area (Å²) in [6, 6.07) is 6.89. The van der Waals surface area contributed by atoms with E-state index in [1.54, 1.807) is 18.2 Å². The van der Waals surface area contributed by atoms with Crippen LogP contribution in [-0.4, -0.2) is 23.2 Å². The number of hydrogen-bond acceptors (Lipinski definition) is 4. The van der Waals surface area contributed by atoms with Crippen LogP contribution in [-0.2, 0) is 5.41 Å². The minimum absolute atomic E-state index is 0.0700. The summed E-state index contributed by atoms with van der Waals surface area (Å²) in [5.74, 6) is 0.534. The van der Waals surface area contributed by atoms with E-state index in [-0.39, 0.29) is 11.3 Å². The first-order chi connectivity index (χ1) is 9.82. The molecule has 0 aliphatic rings. The molecule has 1 aromatic carbocycles. The van der Waals surface area contributed by atoms with E-state index in [0.29, 0.717) is 22.8 Å². The average Bonchev–Trinajstić information content (AvgIpc) is 2.86. The van der Waals surface area contributed by atoms with Crippen molar-refractivity contribution in [2.24, 2.45) is 0 Å². The summed E-state index contributed by atoms with van der Waals surface area (Å²) in [6.07, 6.45) is 0. The molecule has 4 N–H and O–H groups in total. The minimum atomic E-state index is -0.350. The number of nitrogens with one attached hydrogen (secondary N) is 2. The van der Waals surface area contributed by atoms with Gasteiger partial charge in [-0.05, 0) is 12.1 Å². The molecule has 1 amide bonds. The number of aromatic nitrogens is 2. The number of nitrogens with zero attached hydrogens (tertiary/aromatic N) is 1. The molecular weight excluding hydrogens is 268 g/mol. The molecule has 1 heterocycles. The number of nitrogens with two attached hydrogens (primary N) is 1. The molecule has 2 aromatic rings. The van der Waals surface area contributed by atoms with Gasteiger partial charge < -0.3 is 15.8 Å². The fourth-order valence-corrected chi connectivity index (χ4v) is 1.91. The molecule has 6 heteroatoms. The number of ether oxygens (including phenoxy) is 1. The Bertz CT molecular complexity index is 656. The molecule has 0 atom stereocenters. The lowest BCUT2D eigenvalue weighted by atomic mass is 9.92. The SMILES string of the molecule is COc1cccc(N)c1C(=O)Nc1cc(C(C)(C)C)[nH]n1. The summed E-state index contributed by atoms with van der Waals surface area (Å²) in [5.41, 5.74) is 7.39. The van der Waals surface area contributed by atoms with Crippen molar-refractivity contribution < 1.29 is 9.53 Å². The number of amides is 1. The second-order valence-electron chi connectivity index (χ2n) is 5.80. The summed E-state index contributed by atoms with van der Waals surface area (Å²) in [6.45, 7) is 6.18. The van der Waals surface area contributed by atoms with Gasteiger partial charge in [0.1, 0.15) is 11.3 Å². The van der Waals surface area contributed by atoms with Gasteiger partial charge in [-0.25, -0.2) is 0 Å². The van der Waals surface area contributed by atoms with E-state index in [4.69, 9.17) is 10.5 Å². The van der Waals surface area contributed by atoms with Crippen molar-refractivity contribution in [1.82, 2.24) is 10.2 Å². The Balaban J connectivity index is 2.25. The van der Waals surface area contributed by atoms with Crippen LogP contribution in [0.4, 0.5) is 11.5 Å². The Morgan fingerprint density at radius 3 is 2.67 bits per heavy atom. The maximum Gasteiger partial charge on any atom is 0.262 e. The molecule has 2 rings (SSSR count). The smallest absolute Gasteiger partial charge is 0.262 e. The topological polar surface area (TPSA) is 93.0 Å². The highest BCUT2D eigenvalue weighted by Crippen LogP contribution is 2.26. The number of nitrogen functional groups attached to an aromatic ring is 1. The minimum Gasteiger partial charge on any atom is -0.496 e. The number of methoxy groups -OCH3 is 1. The van der Waals surface area contributed by atoms with Crippen LogP contribution in [0.25, 0.3) is 0 Å². The number of H-pyrrole nitrogens is 1. The lowest BCUT2D eigenvalue weighted by Crippen LogP contribution is -2.15. The molecule has 0 spiro atoms. The van der Waals surface area contributed by atoms with Crippen molar-refractivity contribution in [2.45, 2.75) is 26.2 Å². The molecule has 0 aliphatic heterocycles. The van der Waals surface area contributed by atoms with Crippen LogP contribution < -0.4 is 15.8 Å². The largest absolute Gasteiger partial charge is 0.496 e. The number of anilines is 2. The van der Waals surface area contributed by atoms with Crippen LogP contribution in [0.2, 0.25) is 0 Å². The summed E-state index contributed by atoms with van der Waals surface area (Å²) >= 11 is 0. The number of aromatic amines is 1. The first-order valence-corrected chi connectivity index (χ1v) is 6.62. The molecule has 6 nitrogen and oxygen atoms in total. The van der Waals surface area contributed by atoms with Crippen molar-refractivity contribution in [2.75, 3.05) is 18.2 Å². The molecule has 1 aromatic heterocycles. The van der Waals surface area contributed by atoms with Crippen LogP contribution in [0.1, 0.15) is 36.8 Å². The van der Waals surface area contributed by atoms with Gasteiger partial charge in [0.25, 0.3) is 5.91 Å². The predicted octanol–water partition coefficient (Wildman–Crippen LogP) is 2.55. The zero-order chi connectivity index (χ0) is 15.6. The molecule has 0 radical (unpaired) electrons. The quantitative estimate of drug-likeness (QED) is 0.757. The third-order valence-electron chi connectivity index (χ3n) is 3.13. The maximum absolute atomic E-state index is 12.3. The third kappa shape index (κ3) is 3.16. The Labute approximate surface area is 123 Å². The van der Waals surface area contributed by atoms with Gasteiger partial charge in [0, 0.05) is 22.9 Å². The molecular formula is C15H20N4O2. The van der Waals surface area contributed by atoms with E-state index in [1.165, 1.54) is 7.11 Å². The van der Waals surface area contributed by atoms with Gasteiger partial charge >= 0.3 is 0 Å². The number of carbonyl (C=O) groups is 1. The lowest BCUT2D eigenvalue weighted by molar-refractivity contribution is 0.102. The highest BCUT2D eigenvalue weighted by atomic mass is 16.5. The number of hydrogen-bond donors (Lipinski definition) is 3. The van der Waals surface area contributed by atoms with Gasteiger partial charge in [-0.15, -0.1) is 0 Å². The molecule has 0 saturated carbocycles. The fourth-order valence-electron chi connectivity index (χ4n) is 1.91. The van der Waals surface area contributed by atoms with Crippen LogP contribution in [0.15, 0.2) is 24.3 Å². The van der Waals surface area contributed by atoms with Crippen LogP contribution in [0.5, 0.6) is 5.75 Å². The lowest BCUT2D eigenvalue weighted by Gasteiger charge is -2.14. The van der Waals surface area contributed by atoms with E-state index >= 15 is 0 Å². The van der Waals surface area contributed by atoms with Gasteiger partial charge in [0.2, 0.25) is 0 Å². The fraction of sp³-hybridized carbons (Fsp3) is 0.333. The van der Waals surface area contributed by atoms with Crippen molar-refractivity contribution in [3.8, 4) is 5.75 Å². The van der Waals surface area contributed by atoms with Gasteiger partial charge in [0.05, 0.1) is 7.11 Å². The Morgan fingerprint density at radius 1 is 1.38 bits per heavy atom. The Kier molecular flexibility index (Phi) is 3.88. The van der Waals surface area contributed by atoms with Gasteiger partial charge in [-0.3, -0.25) is 9.89 Å². The van der Waals surface area contributed by atoms with Crippen molar-refractivity contribution in [1.29, 1.82) is 0 Å². The molecule has 0 saturated heterocycles. The highest BCUT2D eigenvalue weighted by Gasteiger charge is 2.20. The molecule has 0 aliphatic carbocycles. The van der Waals surface area contributed by atoms with Crippen LogP contribution in [0, 0.1) is 0 Å². The van der Waals surface area contributed by atoms with E-state index in [0.717, 1.165) is 5.69 Å². The summed E-state index contributed by atoms with van der Waals surface area (Å²) in [7, 11) is 1.50. The molecule has 0 unspecified atom stereocenters. The molecule has 21 heavy (non-hydrogen) atoms. The van der Waals surface area contributed by atoms with E-state index in [2.05, 4.69) is 36.3 Å². The van der Waals surface area contributed by atoms with Crippen molar-refractivity contribution in [3.05, 3.63) is 35.5 Å². The Hall–Kier alpha value is -2.50. The van der Waals surface area contributed by atoms with Gasteiger partial charge in [-0.2, -0.15) is 5.10 Å². The third-order valence-corrected chi connectivity index (χ3v) is 3.13. The van der Waals surface area contributed by atoms with Crippen molar-refractivity contribution in [3.63, 3.8) is 0 Å². The van der Waals surface area contributed by atoms with E-state index in [1.807, 2.05) is 6.07 Å². The monoisotopic (exact) mass is 288 g/mol. The van der Waals surface area contributed by atoms with Gasteiger partial charge in [-0.1, -0.05) is 26.8 Å². The van der Waals surface area contributed by atoms with Gasteiger partial charge in [0.15, 0.2) is 5.82 Å². The average molecular weight is 288 g/mol. The first-order valence-electron chi connectivity index (χ1n) is 6.62. The predicted molar refractivity (Wildman–Crippen MR) is 82.6 cm³/mol. The van der Waals surface area contributed by atoms with E-state index in [9.17, 15) is 4.79 Å². The Morgan fingerprint density at radius 2 is 2.10 bits per heavy atom. The van der Waals surface area contributed by atoms with Crippen LogP contribution >= 0.6 is 0 Å². The number of benzene rings is 1. The summed E-state index contributed by atoms with van der Waals surface area (Å²) < 4.78 is 5.18. The number of rotatable bonds is 3. The number of carbonyl (C=O) groups excluding carboxylic acids is 1. The zero-order valence-electron chi connectivity index (χ0n) is 12.7. The zero-order valence-corrected chi connectivity index (χ0v) is 12.7. The maximum atomic E-state index is 12.3.